The van der Waals surface area contributed by atoms with Gasteiger partial charge in [-0.2, -0.15) is 0 Å². The van der Waals surface area contributed by atoms with Crippen LogP contribution in [0.5, 0.6) is 0 Å². The predicted molar refractivity (Wildman–Crippen MR) is 215 cm³/mol. The predicted octanol–water partition coefficient (Wildman–Crippen LogP) is 13.8. The molecule has 1 unspecified atom stereocenters. The second-order valence-corrected chi connectivity index (χ2v) is 16.1. The van der Waals surface area contributed by atoms with E-state index in [1.165, 1.54) is 128 Å². The summed E-state index contributed by atoms with van der Waals surface area (Å²) >= 11 is 0. The lowest BCUT2D eigenvalue weighted by Gasteiger charge is -2.18. The number of ether oxygens (including phenoxy) is 3. The number of hydrogen-bond acceptors (Lipinski definition) is 6. The first-order chi connectivity index (χ1) is 24.8. The summed E-state index contributed by atoms with van der Waals surface area (Å²) < 4.78 is 16.7. The Hall–Kier alpha value is -1.59. The van der Waals surface area contributed by atoms with Crippen LogP contribution < -0.4 is 0 Å². The van der Waals surface area contributed by atoms with Gasteiger partial charge in [-0.05, 0) is 31.1 Å². The topological polar surface area (TPSA) is 78.9 Å². The molecule has 0 bridgehead atoms. The Morgan fingerprint density at radius 1 is 0.412 bits per heavy atom. The van der Waals surface area contributed by atoms with E-state index in [0.29, 0.717) is 19.3 Å². The molecule has 0 saturated heterocycles. The van der Waals surface area contributed by atoms with Crippen molar-refractivity contribution in [2.24, 2.45) is 11.8 Å². The van der Waals surface area contributed by atoms with Gasteiger partial charge in [0.25, 0.3) is 0 Å². The maximum atomic E-state index is 12.7. The standard InChI is InChI=1S/C45H86O6/c1-6-8-9-10-11-12-13-14-20-25-30-35-43(46)49-38-42(51-45(48)37-32-27-22-17-18-23-28-33-40(3)4)39-50-44(47)36-31-26-21-16-15-19-24-29-34-41(5)7-2/h40-42H,6-39H2,1-5H3/t41?,42-/m1/s1. The Morgan fingerprint density at radius 3 is 1.12 bits per heavy atom. The highest BCUT2D eigenvalue weighted by Gasteiger charge is 2.19. The van der Waals surface area contributed by atoms with Gasteiger partial charge in [0.05, 0.1) is 0 Å². The Kier molecular flexibility index (Phi) is 37.0. The van der Waals surface area contributed by atoms with Crippen molar-refractivity contribution >= 4 is 17.9 Å². The monoisotopic (exact) mass is 723 g/mol. The van der Waals surface area contributed by atoms with Gasteiger partial charge in [0, 0.05) is 19.3 Å². The zero-order chi connectivity index (χ0) is 37.6. The third-order valence-corrected chi connectivity index (χ3v) is 10.3. The van der Waals surface area contributed by atoms with Crippen LogP contribution in [-0.4, -0.2) is 37.2 Å². The summed E-state index contributed by atoms with van der Waals surface area (Å²) in [5.41, 5.74) is 0. The van der Waals surface area contributed by atoms with E-state index >= 15 is 0 Å². The van der Waals surface area contributed by atoms with Gasteiger partial charge in [-0.15, -0.1) is 0 Å². The van der Waals surface area contributed by atoms with Crippen molar-refractivity contribution in [2.75, 3.05) is 13.2 Å². The van der Waals surface area contributed by atoms with Gasteiger partial charge < -0.3 is 14.2 Å². The summed E-state index contributed by atoms with van der Waals surface area (Å²) in [5, 5.41) is 0. The number of rotatable bonds is 39. The quantitative estimate of drug-likeness (QED) is 0.0357. The first kappa shape index (κ1) is 49.4. The molecule has 0 aromatic heterocycles. The molecule has 0 aliphatic carbocycles. The molecular formula is C45H86O6. The number of carbonyl (C=O) groups excluding carboxylic acids is 3. The molecule has 6 heteroatoms. The van der Waals surface area contributed by atoms with E-state index in [0.717, 1.165) is 69.6 Å². The summed E-state index contributed by atoms with van der Waals surface area (Å²) in [6.45, 7) is 11.3. The molecule has 0 heterocycles. The Morgan fingerprint density at radius 2 is 0.745 bits per heavy atom. The van der Waals surface area contributed by atoms with Crippen LogP contribution in [0.3, 0.4) is 0 Å². The van der Waals surface area contributed by atoms with E-state index in [4.69, 9.17) is 14.2 Å². The van der Waals surface area contributed by atoms with Crippen LogP contribution in [0.2, 0.25) is 0 Å². The Balaban J connectivity index is 4.35. The highest BCUT2D eigenvalue weighted by atomic mass is 16.6. The van der Waals surface area contributed by atoms with Gasteiger partial charge in [0.1, 0.15) is 13.2 Å². The van der Waals surface area contributed by atoms with Crippen molar-refractivity contribution in [3.63, 3.8) is 0 Å². The second-order valence-electron chi connectivity index (χ2n) is 16.1. The number of hydrogen-bond donors (Lipinski definition) is 0. The second kappa shape index (κ2) is 38.1. The van der Waals surface area contributed by atoms with Crippen LogP contribution in [0.1, 0.15) is 240 Å². The highest BCUT2D eigenvalue weighted by Crippen LogP contribution is 2.17. The van der Waals surface area contributed by atoms with Crippen molar-refractivity contribution in [1.82, 2.24) is 0 Å². The van der Waals surface area contributed by atoms with Crippen LogP contribution in [0, 0.1) is 11.8 Å². The number of unbranched alkanes of at least 4 members (excludes halogenated alkanes) is 23. The van der Waals surface area contributed by atoms with Crippen LogP contribution in [-0.2, 0) is 28.6 Å². The molecule has 0 aromatic rings. The third-order valence-electron chi connectivity index (χ3n) is 10.3. The van der Waals surface area contributed by atoms with E-state index in [-0.39, 0.29) is 31.1 Å². The maximum Gasteiger partial charge on any atom is 0.306 e. The summed E-state index contributed by atoms with van der Waals surface area (Å²) in [6, 6.07) is 0. The molecule has 6 nitrogen and oxygen atoms in total. The third kappa shape index (κ3) is 38.0. The molecule has 0 radical (unpaired) electrons. The van der Waals surface area contributed by atoms with Crippen molar-refractivity contribution in [2.45, 2.75) is 246 Å². The minimum Gasteiger partial charge on any atom is -0.462 e. The van der Waals surface area contributed by atoms with Gasteiger partial charge in [-0.3, -0.25) is 14.4 Å². The smallest absolute Gasteiger partial charge is 0.306 e. The SMILES string of the molecule is CCCCCCCCCCCCCC(=O)OC[C@H](COC(=O)CCCCCCCCCCC(C)CC)OC(=O)CCCCCCCCCC(C)C. The van der Waals surface area contributed by atoms with E-state index in [2.05, 4.69) is 34.6 Å². The molecular weight excluding hydrogens is 636 g/mol. The lowest BCUT2D eigenvalue weighted by molar-refractivity contribution is -0.167. The molecule has 2 atom stereocenters. The fourth-order valence-corrected chi connectivity index (χ4v) is 6.54. The molecule has 0 aliphatic rings. The zero-order valence-electron chi connectivity index (χ0n) is 34.7. The van der Waals surface area contributed by atoms with Gasteiger partial charge in [-0.1, -0.05) is 202 Å². The average Bonchev–Trinajstić information content (AvgIpc) is 3.11. The van der Waals surface area contributed by atoms with Crippen LogP contribution >= 0.6 is 0 Å². The molecule has 0 amide bonds. The van der Waals surface area contributed by atoms with Crippen molar-refractivity contribution in [3.8, 4) is 0 Å². The molecule has 0 fully saturated rings. The Labute approximate surface area is 317 Å². The van der Waals surface area contributed by atoms with E-state index in [1.807, 2.05) is 0 Å². The zero-order valence-corrected chi connectivity index (χ0v) is 34.7. The molecule has 302 valence electrons. The summed E-state index contributed by atoms with van der Waals surface area (Å²) in [7, 11) is 0. The molecule has 0 saturated carbocycles. The van der Waals surface area contributed by atoms with E-state index in [1.54, 1.807) is 0 Å². The van der Waals surface area contributed by atoms with Crippen molar-refractivity contribution in [1.29, 1.82) is 0 Å². The fourth-order valence-electron chi connectivity index (χ4n) is 6.54. The molecule has 0 N–H and O–H groups in total. The van der Waals surface area contributed by atoms with Crippen LogP contribution in [0.15, 0.2) is 0 Å². The molecule has 0 aromatic carbocycles. The van der Waals surface area contributed by atoms with E-state index < -0.39 is 6.10 Å². The molecule has 0 rings (SSSR count). The summed E-state index contributed by atoms with van der Waals surface area (Å²) in [5.74, 6) is 0.762. The van der Waals surface area contributed by atoms with Crippen LogP contribution in [0.4, 0.5) is 0 Å². The van der Waals surface area contributed by atoms with Gasteiger partial charge in [-0.25, -0.2) is 0 Å². The van der Waals surface area contributed by atoms with Gasteiger partial charge in [0.15, 0.2) is 6.10 Å². The molecule has 0 spiro atoms. The molecule has 51 heavy (non-hydrogen) atoms. The minimum absolute atomic E-state index is 0.0659. The highest BCUT2D eigenvalue weighted by molar-refractivity contribution is 5.71. The van der Waals surface area contributed by atoms with Crippen molar-refractivity contribution < 1.29 is 28.6 Å². The lowest BCUT2D eigenvalue weighted by Crippen LogP contribution is -2.30. The summed E-state index contributed by atoms with van der Waals surface area (Å²) in [6.07, 6.45) is 35.2. The minimum atomic E-state index is -0.760. The normalized spacial score (nSPS) is 12.6. The lowest BCUT2D eigenvalue weighted by atomic mass is 9.99. The van der Waals surface area contributed by atoms with Gasteiger partial charge >= 0.3 is 17.9 Å². The van der Waals surface area contributed by atoms with Gasteiger partial charge in [0.2, 0.25) is 0 Å². The molecule has 0 aliphatic heterocycles. The van der Waals surface area contributed by atoms with Crippen molar-refractivity contribution in [3.05, 3.63) is 0 Å². The Bertz CT molecular complexity index is 781. The first-order valence-electron chi connectivity index (χ1n) is 22.3. The maximum absolute atomic E-state index is 12.7. The fraction of sp³-hybridized carbons (Fsp3) is 0.933. The van der Waals surface area contributed by atoms with E-state index in [9.17, 15) is 14.4 Å². The van der Waals surface area contributed by atoms with Crippen LogP contribution in [0.25, 0.3) is 0 Å². The largest absolute Gasteiger partial charge is 0.462 e. The first-order valence-corrected chi connectivity index (χ1v) is 22.3. The number of esters is 3. The number of carbonyl (C=O) groups is 3. The average molecular weight is 723 g/mol. The summed E-state index contributed by atoms with van der Waals surface area (Å²) in [4.78, 5) is 37.6.